The van der Waals surface area contributed by atoms with E-state index in [-0.39, 0.29) is 22.8 Å². The Morgan fingerprint density at radius 3 is 2.73 bits per heavy atom. The van der Waals surface area contributed by atoms with Gasteiger partial charge in [0.15, 0.2) is 0 Å². The normalized spacial score (nSPS) is 23.3. The first-order valence-electron chi connectivity index (χ1n) is 11.5. The number of phenolic OH excluding ortho intramolecular Hbond substituents is 1. The van der Waals surface area contributed by atoms with Gasteiger partial charge in [0.1, 0.15) is 5.75 Å². The Balaban J connectivity index is 1.49. The lowest BCUT2D eigenvalue weighted by Crippen LogP contribution is -2.66. The van der Waals surface area contributed by atoms with Crippen LogP contribution in [0.4, 0.5) is 0 Å². The summed E-state index contributed by atoms with van der Waals surface area (Å²) in [4.78, 5) is 23.3. The summed E-state index contributed by atoms with van der Waals surface area (Å²) in [5.74, 6) is 0.359. The van der Waals surface area contributed by atoms with Gasteiger partial charge in [-0.2, -0.15) is 0 Å². The van der Waals surface area contributed by atoms with Gasteiger partial charge in [0.25, 0.3) is 5.91 Å². The van der Waals surface area contributed by atoms with Gasteiger partial charge in [-0.3, -0.25) is 4.79 Å². The monoisotopic (exact) mass is 437 g/mol. The maximum atomic E-state index is 13.8. The lowest BCUT2D eigenvalue weighted by Gasteiger charge is -2.62. The van der Waals surface area contributed by atoms with E-state index < -0.39 is 0 Å². The molecular weight excluding hydrogens is 410 g/mol. The second-order valence-electron chi connectivity index (χ2n) is 9.94. The molecule has 1 saturated heterocycles. The van der Waals surface area contributed by atoms with Crippen molar-refractivity contribution >= 4 is 16.9 Å². The van der Waals surface area contributed by atoms with Crippen molar-refractivity contribution in [2.45, 2.75) is 38.1 Å². The van der Waals surface area contributed by atoms with Crippen molar-refractivity contribution in [3.63, 3.8) is 0 Å². The van der Waals surface area contributed by atoms with Crippen molar-refractivity contribution in [2.75, 3.05) is 6.54 Å². The van der Waals surface area contributed by atoms with Gasteiger partial charge in [-0.1, -0.05) is 50.2 Å². The van der Waals surface area contributed by atoms with Crippen LogP contribution in [-0.4, -0.2) is 38.5 Å². The van der Waals surface area contributed by atoms with Crippen LogP contribution in [0.2, 0.25) is 0 Å². The predicted molar refractivity (Wildman–Crippen MR) is 128 cm³/mol. The van der Waals surface area contributed by atoms with Gasteiger partial charge in [0.05, 0.1) is 17.4 Å². The van der Waals surface area contributed by atoms with Gasteiger partial charge in [-0.15, -0.1) is 0 Å². The minimum atomic E-state index is -0.282. The summed E-state index contributed by atoms with van der Waals surface area (Å²) in [6, 6.07) is 22.1. The van der Waals surface area contributed by atoms with E-state index in [1.54, 1.807) is 12.4 Å². The molecule has 2 N–H and O–H groups in total. The van der Waals surface area contributed by atoms with E-state index in [4.69, 9.17) is 0 Å². The number of hydrogen-bond acceptors (Lipinski definition) is 3. The highest BCUT2D eigenvalue weighted by Crippen LogP contribution is 2.60. The standard InChI is InChI=1S/C28H27N3O2/c1-27(2)25-15-18-8-10-21(32)16-22(18)28(27,20-6-4-3-5-7-20)12-13-31(25)26(33)19-9-11-23-24(14-19)30-17-29-23/h3-11,14,16-17,25,32H,12-13,15H2,1-2H3,(H,29,30). The quantitative estimate of drug-likeness (QED) is 0.461. The van der Waals surface area contributed by atoms with Gasteiger partial charge in [-0.25, -0.2) is 4.98 Å². The second kappa shape index (κ2) is 6.95. The molecule has 2 aliphatic rings. The summed E-state index contributed by atoms with van der Waals surface area (Å²) in [7, 11) is 0. The number of rotatable bonds is 2. The van der Waals surface area contributed by atoms with Gasteiger partial charge in [0.2, 0.25) is 0 Å². The molecule has 1 aliphatic carbocycles. The fourth-order valence-electron chi connectivity index (χ4n) is 6.51. The molecule has 166 valence electrons. The second-order valence-corrected chi connectivity index (χ2v) is 9.94. The molecule has 6 rings (SSSR count). The topological polar surface area (TPSA) is 69.2 Å². The first kappa shape index (κ1) is 20.0. The molecule has 5 heteroatoms. The van der Waals surface area contributed by atoms with E-state index in [1.807, 2.05) is 36.4 Å². The highest BCUT2D eigenvalue weighted by molar-refractivity contribution is 5.97. The van der Waals surface area contributed by atoms with Crippen LogP contribution in [-0.2, 0) is 11.8 Å². The molecule has 1 aromatic heterocycles. The van der Waals surface area contributed by atoms with Gasteiger partial charge >= 0.3 is 0 Å². The van der Waals surface area contributed by atoms with Gasteiger partial charge in [-0.05, 0) is 65.3 Å². The van der Waals surface area contributed by atoms with E-state index in [2.05, 4.69) is 53.0 Å². The molecule has 2 unspecified atom stereocenters. The van der Waals surface area contributed by atoms with Crippen LogP contribution in [0.1, 0.15) is 47.3 Å². The summed E-state index contributed by atoms with van der Waals surface area (Å²) in [5.41, 5.74) is 5.56. The highest BCUT2D eigenvalue weighted by Gasteiger charge is 2.60. The van der Waals surface area contributed by atoms with Gasteiger partial charge in [0, 0.05) is 23.6 Å². The number of hydrogen-bond donors (Lipinski definition) is 2. The fraction of sp³-hybridized carbons (Fsp3) is 0.286. The number of likely N-dealkylation sites (tertiary alicyclic amines) is 1. The van der Waals surface area contributed by atoms with E-state index in [0.717, 1.165) is 23.9 Å². The molecule has 1 fully saturated rings. The van der Waals surface area contributed by atoms with Crippen LogP contribution < -0.4 is 0 Å². The molecule has 1 amide bonds. The molecular formula is C28H27N3O2. The fourth-order valence-corrected chi connectivity index (χ4v) is 6.51. The van der Waals surface area contributed by atoms with Crippen LogP contribution in [0.15, 0.2) is 73.1 Å². The van der Waals surface area contributed by atoms with E-state index in [1.165, 1.54) is 16.7 Å². The third kappa shape index (κ3) is 2.71. The number of aromatic nitrogens is 2. The van der Waals surface area contributed by atoms with Crippen molar-refractivity contribution in [2.24, 2.45) is 5.41 Å². The molecule has 0 radical (unpaired) electrons. The number of H-pyrrole nitrogens is 1. The Bertz CT molecular complexity index is 1370. The lowest BCUT2D eigenvalue weighted by atomic mass is 9.48. The van der Waals surface area contributed by atoms with E-state index in [0.29, 0.717) is 17.9 Å². The minimum Gasteiger partial charge on any atom is -0.508 e. The number of aromatic amines is 1. The summed E-state index contributed by atoms with van der Waals surface area (Å²) >= 11 is 0. The molecule has 33 heavy (non-hydrogen) atoms. The Hall–Kier alpha value is -3.60. The number of nitrogens with one attached hydrogen (secondary N) is 1. The third-order valence-electron chi connectivity index (χ3n) is 8.20. The molecule has 1 aliphatic heterocycles. The zero-order valence-electron chi connectivity index (χ0n) is 18.9. The summed E-state index contributed by atoms with van der Waals surface area (Å²) in [5, 5.41) is 10.4. The number of fused-ring (bicyclic) bond motifs is 5. The van der Waals surface area contributed by atoms with Crippen LogP contribution in [0, 0.1) is 5.41 Å². The highest BCUT2D eigenvalue weighted by atomic mass is 16.3. The number of carbonyl (C=O) groups is 1. The Morgan fingerprint density at radius 1 is 1.09 bits per heavy atom. The molecule has 0 saturated carbocycles. The molecule has 2 bridgehead atoms. The largest absolute Gasteiger partial charge is 0.508 e. The van der Waals surface area contributed by atoms with Crippen LogP contribution in [0.3, 0.4) is 0 Å². The Morgan fingerprint density at radius 2 is 1.91 bits per heavy atom. The van der Waals surface area contributed by atoms with Gasteiger partial charge < -0.3 is 15.0 Å². The number of piperidine rings is 1. The van der Waals surface area contributed by atoms with Crippen LogP contribution in [0.5, 0.6) is 5.75 Å². The van der Waals surface area contributed by atoms with E-state index in [9.17, 15) is 9.90 Å². The molecule has 0 spiro atoms. The number of phenols is 1. The average molecular weight is 438 g/mol. The summed E-state index contributed by atoms with van der Waals surface area (Å²) in [6.45, 7) is 5.24. The van der Waals surface area contributed by atoms with Crippen molar-refractivity contribution in [3.05, 3.63) is 95.3 Å². The summed E-state index contributed by atoms with van der Waals surface area (Å²) < 4.78 is 0. The number of imidazole rings is 1. The zero-order chi connectivity index (χ0) is 22.8. The zero-order valence-corrected chi connectivity index (χ0v) is 18.9. The Labute approximate surface area is 193 Å². The van der Waals surface area contributed by atoms with E-state index >= 15 is 0 Å². The Kier molecular flexibility index (Phi) is 4.22. The average Bonchev–Trinajstić information content (AvgIpc) is 3.28. The molecule has 2 atom stereocenters. The molecule has 5 nitrogen and oxygen atoms in total. The van der Waals surface area contributed by atoms with Crippen molar-refractivity contribution < 1.29 is 9.90 Å². The molecule has 2 heterocycles. The van der Waals surface area contributed by atoms with Crippen LogP contribution in [0.25, 0.3) is 11.0 Å². The van der Waals surface area contributed by atoms with Crippen LogP contribution >= 0.6 is 0 Å². The minimum absolute atomic E-state index is 0.0356. The number of amides is 1. The SMILES string of the molecule is CC1(C)C2Cc3ccc(O)cc3C1(c1ccccc1)CCN2C(=O)c1ccc2nc[nH]c2c1. The maximum Gasteiger partial charge on any atom is 0.254 e. The van der Waals surface area contributed by atoms with Crippen molar-refractivity contribution in [3.8, 4) is 5.75 Å². The first-order valence-corrected chi connectivity index (χ1v) is 11.5. The smallest absolute Gasteiger partial charge is 0.254 e. The number of aromatic hydroxyl groups is 1. The van der Waals surface area contributed by atoms with Crippen molar-refractivity contribution in [1.82, 2.24) is 14.9 Å². The maximum absolute atomic E-state index is 13.8. The van der Waals surface area contributed by atoms with Crippen molar-refractivity contribution in [1.29, 1.82) is 0 Å². The predicted octanol–water partition coefficient (Wildman–Crippen LogP) is 5.05. The number of carbonyl (C=O) groups excluding carboxylic acids is 1. The molecule has 4 aromatic rings. The third-order valence-corrected chi connectivity index (χ3v) is 8.20. The molecule has 3 aromatic carbocycles. The number of benzene rings is 3. The first-order chi connectivity index (χ1) is 15.9. The summed E-state index contributed by atoms with van der Waals surface area (Å²) in [6.07, 6.45) is 3.23. The lowest BCUT2D eigenvalue weighted by molar-refractivity contribution is -0.0176. The number of nitrogens with zero attached hydrogens (tertiary/aromatic N) is 2.